The van der Waals surface area contributed by atoms with Crippen LogP contribution in [0.1, 0.15) is 33.3 Å². The first-order chi connectivity index (χ1) is 8.69. The van der Waals surface area contributed by atoms with Crippen molar-refractivity contribution in [1.82, 2.24) is 5.32 Å². The average molecular weight is 267 g/mol. The van der Waals surface area contributed by atoms with E-state index in [-0.39, 0.29) is 5.54 Å². The monoisotopic (exact) mass is 267 g/mol. The molecule has 0 saturated carbocycles. The molecule has 0 aliphatic carbocycles. The van der Waals surface area contributed by atoms with Crippen LogP contribution in [0.4, 0.5) is 0 Å². The summed E-state index contributed by atoms with van der Waals surface area (Å²) in [7, 11) is 3.19. The minimum absolute atomic E-state index is 0.0519. The van der Waals surface area contributed by atoms with E-state index < -0.39 is 5.60 Å². The summed E-state index contributed by atoms with van der Waals surface area (Å²) >= 11 is 0. The predicted molar refractivity (Wildman–Crippen MR) is 76.9 cm³/mol. The number of β-amino-alcohol motifs (C(OH)–C–C–N with tert-alkyl or cyclic N) is 1. The van der Waals surface area contributed by atoms with Crippen LogP contribution in [0.2, 0.25) is 0 Å². The molecule has 0 aliphatic heterocycles. The first-order valence-corrected chi connectivity index (χ1v) is 6.39. The molecule has 108 valence electrons. The van der Waals surface area contributed by atoms with Gasteiger partial charge < -0.3 is 19.9 Å². The molecule has 1 unspecified atom stereocenters. The number of rotatable bonds is 5. The Morgan fingerprint density at radius 1 is 1.11 bits per heavy atom. The summed E-state index contributed by atoms with van der Waals surface area (Å²) in [5.74, 6) is 1.33. The van der Waals surface area contributed by atoms with Gasteiger partial charge in [-0.15, -0.1) is 0 Å². The second kappa shape index (κ2) is 5.80. The Bertz CT molecular complexity index is 422. The molecule has 19 heavy (non-hydrogen) atoms. The smallest absolute Gasteiger partial charge is 0.128 e. The third-order valence-electron chi connectivity index (χ3n) is 2.95. The second-order valence-corrected chi connectivity index (χ2v) is 5.94. The highest BCUT2D eigenvalue weighted by Crippen LogP contribution is 2.32. The summed E-state index contributed by atoms with van der Waals surface area (Å²) < 4.78 is 10.5. The van der Waals surface area contributed by atoms with E-state index in [0.717, 1.165) is 5.56 Å². The van der Waals surface area contributed by atoms with E-state index in [2.05, 4.69) is 26.1 Å². The maximum Gasteiger partial charge on any atom is 0.128 e. The summed E-state index contributed by atoms with van der Waals surface area (Å²) in [6.45, 7) is 8.41. The Labute approximate surface area is 115 Å². The number of hydrogen-bond donors (Lipinski definition) is 2. The number of nitrogens with one attached hydrogen (secondary N) is 1. The van der Waals surface area contributed by atoms with Crippen LogP contribution in [0, 0.1) is 0 Å². The Morgan fingerprint density at radius 2 is 1.74 bits per heavy atom. The van der Waals surface area contributed by atoms with Crippen LogP contribution in [0.5, 0.6) is 11.5 Å². The molecule has 0 saturated heterocycles. The van der Waals surface area contributed by atoms with Crippen molar-refractivity contribution in [1.29, 1.82) is 0 Å². The van der Waals surface area contributed by atoms with Crippen molar-refractivity contribution in [2.45, 2.75) is 38.8 Å². The molecular weight excluding hydrogens is 242 g/mol. The standard InChI is InChI=1S/C15H25NO3/c1-14(2,3)16-10-15(4,17)12-8-7-11(18-5)9-13(12)19-6/h7-9,16-17H,10H2,1-6H3. The highest BCUT2D eigenvalue weighted by Gasteiger charge is 2.28. The van der Waals surface area contributed by atoms with Gasteiger partial charge in [0.1, 0.15) is 17.1 Å². The van der Waals surface area contributed by atoms with Crippen LogP contribution >= 0.6 is 0 Å². The normalized spacial score (nSPS) is 14.9. The van der Waals surface area contributed by atoms with E-state index >= 15 is 0 Å². The molecule has 0 spiro atoms. The molecule has 4 heteroatoms. The van der Waals surface area contributed by atoms with Crippen LogP contribution in [0.15, 0.2) is 18.2 Å². The third-order valence-corrected chi connectivity index (χ3v) is 2.95. The lowest BCUT2D eigenvalue weighted by atomic mass is 9.93. The Kier molecular flexibility index (Phi) is 4.82. The number of aliphatic hydroxyl groups is 1. The minimum atomic E-state index is -1.01. The topological polar surface area (TPSA) is 50.7 Å². The van der Waals surface area contributed by atoms with Gasteiger partial charge in [0.2, 0.25) is 0 Å². The number of hydrogen-bond acceptors (Lipinski definition) is 4. The first kappa shape index (κ1) is 15.8. The molecular formula is C15H25NO3. The van der Waals surface area contributed by atoms with E-state index in [9.17, 15) is 5.11 Å². The van der Waals surface area contributed by atoms with Crippen LogP contribution in [0.25, 0.3) is 0 Å². The SMILES string of the molecule is COc1ccc(C(C)(O)CNC(C)(C)C)c(OC)c1. The molecule has 0 heterocycles. The molecule has 1 rings (SSSR count). The number of benzene rings is 1. The van der Waals surface area contributed by atoms with Gasteiger partial charge >= 0.3 is 0 Å². The zero-order valence-electron chi connectivity index (χ0n) is 12.7. The molecule has 1 atom stereocenters. The summed E-state index contributed by atoms with van der Waals surface area (Å²) in [6, 6.07) is 5.44. The lowest BCUT2D eigenvalue weighted by Crippen LogP contribution is -2.44. The van der Waals surface area contributed by atoms with Crippen molar-refractivity contribution in [3.63, 3.8) is 0 Å². The van der Waals surface area contributed by atoms with Crippen LogP contribution in [-0.4, -0.2) is 31.4 Å². The molecule has 0 fully saturated rings. The molecule has 0 aliphatic rings. The van der Waals surface area contributed by atoms with Crippen LogP contribution < -0.4 is 14.8 Å². The van der Waals surface area contributed by atoms with Gasteiger partial charge in [-0.05, 0) is 39.8 Å². The maximum atomic E-state index is 10.6. The van der Waals surface area contributed by atoms with Gasteiger partial charge in [0, 0.05) is 23.7 Å². The van der Waals surface area contributed by atoms with Gasteiger partial charge in [-0.25, -0.2) is 0 Å². The van der Waals surface area contributed by atoms with Crippen LogP contribution in [0.3, 0.4) is 0 Å². The highest BCUT2D eigenvalue weighted by atomic mass is 16.5. The van der Waals surface area contributed by atoms with Crippen molar-refractivity contribution in [2.24, 2.45) is 0 Å². The molecule has 0 amide bonds. The highest BCUT2D eigenvalue weighted by molar-refractivity contribution is 5.43. The summed E-state index contributed by atoms with van der Waals surface area (Å²) in [5, 5.41) is 13.9. The van der Waals surface area contributed by atoms with Gasteiger partial charge in [0.15, 0.2) is 0 Å². The molecule has 0 aromatic heterocycles. The van der Waals surface area contributed by atoms with Crippen molar-refractivity contribution < 1.29 is 14.6 Å². The van der Waals surface area contributed by atoms with Crippen molar-refractivity contribution in [3.8, 4) is 11.5 Å². The third kappa shape index (κ3) is 4.40. The van der Waals surface area contributed by atoms with Gasteiger partial charge in [0.05, 0.1) is 14.2 Å². The molecule has 1 aromatic carbocycles. The Morgan fingerprint density at radius 3 is 2.21 bits per heavy atom. The molecule has 2 N–H and O–H groups in total. The Hall–Kier alpha value is -1.26. The lowest BCUT2D eigenvalue weighted by Gasteiger charge is -2.30. The summed E-state index contributed by atoms with van der Waals surface area (Å²) in [6.07, 6.45) is 0. The van der Waals surface area contributed by atoms with E-state index in [1.807, 2.05) is 12.1 Å². The zero-order valence-corrected chi connectivity index (χ0v) is 12.7. The number of methoxy groups -OCH3 is 2. The molecule has 0 radical (unpaired) electrons. The fourth-order valence-corrected chi connectivity index (χ4v) is 1.78. The Balaban J connectivity index is 2.99. The maximum absolute atomic E-state index is 10.6. The lowest BCUT2D eigenvalue weighted by molar-refractivity contribution is 0.0476. The largest absolute Gasteiger partial charge is 0.497 e. The summed E-state index contributed by atoms with van der Waals surface area (Å²) in [5.41, 5.74) is -0.318. The van der Waals surface area contributed by atoms with E-state index in [1.165, 1.54) is 0 Å². The van der Waals surface area contributed by atoms with Gasteiger partial charge in [0.25, 0.3) is 0 Å². The van der Waals surface area contributed by atoms with Crippen molar-refractivity contribution >= 4 is 0 Å². The molecule has 4 nitrogen and oxygen atoms in total. The second-order valence-electron chi connectivity index (χ2n) is 5.94. The van der Waals surface area contributed by atoms with Crippen LogP contribution in [-0.2, 0) is 5.60 Å². The van der Waals surface area contributed by atoms with Gasteiger partial charge in [-0.1, -0.05) is 0 Å². The fraction of sp³-hybridized carbons (Fsp3) is 0.600. The van der Waals surface area contributed by atoms with E-state index in [0.29, 0.717) is 18.0 Å². The van der Waals surface area contributed by atoms with E-state index in [4.69, 9.17) is 9.47 Å². The zero-order chi connectivity index (χ0) is 14.7. The minimum Gasteiger partial charge on any atom is -0.497 e. The van der Waals surface area contributed by atoms with E-state index in [1.54, 1.807) is 27.2 Å². The van der Waals surface area contributed by atoms with Crippen molar-refractivity contribution in [3.05, 3.63) is 23.8 Å². The van der Waals surface area contributed by atoms with Gasteiger partial charge in [-0.3, -0.25) is 0 Å². The molecule has 0 bridgehead atoms. The quantitative estimate of drug-likeness (QED) is 0.859. The average Bonchev–Trinajstić information content (AvgIpc) is 2.35. The number of ether oxygens (including phenoxy) is 2. The predicted octanol–water partition coefficient (Wildman–Crippen LogP) is 2.30. The molecule has 1 aromatic rings. The van der Waals surface area contributed by atoms with Gasteiger partial charge in [-0.2, -0.15) is 0 Å². The summed E-state index contributed by atoms with van der Waals surface area (Å²) in [4.78, 5) is 0. The first-order valence-electron chi connectivity index (χ1n) is 6.39. The fourth-order valence-electron chi connectivity index (χ4n) is 1.78. The van der Waals surface area contributed by atoms with Crippen molar-refractivity contribution in [2.75, 3.05) is 20.8 Å².